The molecule has 0 bridgehead atoms. The lowest BCUT2D eigenvalue weighted by Crippen LogP contribution is -2.39. The standard InChI is InChI=1S/C17H26N6O2S.HI/c1-3-16-22-21-14-23(16)12-11-20-17(18-2)19-10-7-13-26(24,25)15-8-5-4-6-9-15;/h4-6,8-9,14H,3,7,10-13H2,1-2H3,(H2,18,19,20);1H. The zero-order valence-corrected chi connectivity index (χ0v) is 18.8. The predicted octanol–water partition coefficient (Wildman–Crippen LogP) is 1.49. The molecule has 0 radical (unpaired) electrons. The van der Waals surface area contributed by atoms with Gasteiger partial charge in [-0.1, -0.05) is 25.1 Å². The molecule has 2 aromatic rings. The Hall–Kier alpha value is -1.69. The molecule has 1 heterocycles. The lowest BCUT2D eigenvalue weighted by Gasteiger charge is -2.12. The highest BCUT2D eigenvalue weighted by molar-refractivity contribution is 14.0. The number of halogens is 1. The monoisotopic (exact) mass is 506 g/mol. The average molecular weight is 506 g/mol. The first-order valence-corrected chi connectivity index (χ1v) is 10.3. The molecule has 0 aliphatic carbocycles. The maximum atomic E-state index is 12.2. The Morgan fingerprint density at radius 1 is 1.19 bits per heavy atom. The van der Waals surface area contributed by atoms with Gasteiger partial charge in [-0.3, -0.25) is 4.99 Å². The highest BCUT2D eigenvalue weighted by atomic mass is 127. The van der Waals surface area contributed by atoms with E-state index in [0.717, 1.165) is 18.8 Å². The van der Waals surface area contributed by atoms with Crippen molar-refractivity contribution in [1.82, 2.24) is 25.4 Å². The van der Waals surface area contributed by atoms with Gasteiger partial charge >= 0.3 is 0 Å². The third-order valence-corrected chi connectivity index (χ3v) is 5.68. The minimum atomic E-state index is -3.24. The van der Waals surface area contributed by atoms with Crippen molar-refractivity contribution in [3.8, 4) is 0 Å². The van der Waals surface area contributed by atoms with Gasteiger partial charge in [0, 0.05) is 33.1 Å². The van der Waals surface area contributed by atoms with Crippen LogP contribution in [-0.2, 0) is 22.8 Å². The molecule has 2 N–H and O–H groups in total. The van der Waals surface area contributed by atoms with Crippen LogP contribution in [0.3, 0.4) is 0 Å². The number of aromatic nitrogens is 3. The van der Waals surface area contributed by atoms with Crippen molar-refractivity contribution in [1.29, 1.82) is 0 Å². The molecule has 0 aliphatic rings. The summed E-state index contributed by atoms with van der Waals surface area (Å²) >= 11 is 0. The molecule has 0 unspecified atom stereocenters. The van der Waals surface area contributed by atoms with Gasteiger partial charge in [-0.05, 0) is 18.6 Å². The molecule has 8 nitrogen and oxygen atoms in total. The van der Waals surface area contributed by atoms with E-state index in [-0.39, 0.29) is 29.7 Å². The Balaban J connectivity index is 0.00000364. The van der Waals surface area contributed by atoms with E-state index in [1.807, 2.05) is 11.5 Å². The highest BCUT2D eigenvalue weighted by Crippen LogP contribution is 2.10. The van der Waals surface area contributed by atoms with Crippen LogP contribution in [0.25, 0.3) is 0 Å². The molecule has 0 spiro atoms. The first-order valence-electron chi connectivity index (χ1n) is 8.66. The zero-order chi connectivity index (χ0) is 18.8. The topological polar surface area (TPSA) is 101 Å². The van der Waals surface area contributed by atoms with Crippen LogP contribution in [0, 0.1) is 0 Å². The summed E-state index contributed by atoms with van der Waals surface area (Å²) in [5, 5.41) is 14.3. The number of aliphatic imine (C=N–C) groups is 1. The summed E-state index contributed by atoms with van der Waals surface area (Å²) in [4.78, 5) is 4.51. The fourth-order valence-electron chi connectivity index (χ4n) is 2.47. The Morgan fingerprint density at radius 2 is 1.89 bits per heavy atom. The molecule has 150 valence electrons. The van der Waals surface area contributed by atoms with E-state index >= 15 is 0 Å². The lowest BCUT2D eigenvalue weighted by atomic mass is 10.4. The number of guanidine groups is 1. The summed E-state index contributed by atoms with van der Waals surface area (Å²) in [5.74, 6) is 1.69. The zero-order valence-electron chi connectivity index (χ0n) is 15.6. The van der Waals surface area contributed by atoms with Crippen molar-refractivity contribution in [3.05, 3.63) is 42.5 Å². The third-order valence-electron chi connectivity index (χ3n) is 3.87. The van der Waals surface area contributed by atoms with E-state index in [9.17, 15) is 8.42 Å². The Bertz CT molecular complexity index is 808. The largest absolute Gasteiger partial charge is 0.356 e. The molecular weight excluding hydrogens is 479 g/mol. The normalized spacial score (nSPS) is 11.7. The fraction of sp³-hybridized carbons (Fsp3) is 0.471. The minimum absolute atomic E-state index is 0. The van der Waals surface area contributed by atoms with Gasteiger partial charge in [0.15, 0.2) is 15.8 Å². The second kappa shape index (κ2) is 11.9. The van der Waals surface area contributed by atoms with Crippen molar-refractivity contribution in [2.75, 3.05) is 25.9 Å². The van der Waals surface area contributed by atoms with Crippen molar-refractivity contribution in [2.24, 2.45) is 4.99 Å². The fourth-order valence-corrected chi connectivity index (χ4v) is 3.80. The quantitative estimate of drug-likeness (QED) is 0.231. The molecule has 0 aliphatic heterocycles. The predicted molar refractivity (Wildman–Crippen MR) is 117 cm³/mol. The smallest absolute Gasteiger partial charge is 0.191 e. The molecule has 0 saturated carbocycles. The van der Waals surface area contributed by atoms with Crippen LogP contribution in [0.1, 0.15) is 19.2 Å². The Labute approximate surface area is 177 Å². The van der Waals surface area contributed by atoms with Crippen LogP contribution < -0.4 is 10.6 Å². The van der Waals surface area contributed by atoms with Crippen molar-refractivity contribution in [3.63, 3.8) is 0 Å². The van der Waals surface area contributed by atoms with Crippen LogP contribution in [0.2, 0.25) is 0 Å². The maximum Gasteiger partial charge on any atom is 0.191 e. The van der Waals surface area contributed by atoms with Gasteiger partial charge in [-0.2, -0.15) is 0 Å². The molecule has 0 fully saturated rings. The lowest BCUT2D eigenvalue weighted by molar-refractivity contribution is 0.592. The summed E-state index contributed by atoms with van der Waals surface area (Å²) in [6.07, 6.45) is 3.05. The van der Waals surface area contributed by atoms with E-state index in [1.165, 1.54) is 0 Å². The van der Waals surface area contributed by atoms with E-state index in [2.05, 4.69) is 25.8 Å². The highest BCUT2D eigenvalue weighted by Gasteiger charge is 2.13. The number of hydrogen-bond donors (Lipinski definition) is 2. The summed E-state index contributed by atoms with van der Waals surface area (Å²) in [5.41, 5.74) is 0. The molecule has 27 heavy (non-hydrogen) atoms. The second-order valence-corrected chi connectivity index (χ2v) is 7.81. The van der Waals surface area contributed by atoms with Crippen molar-refractivity contribution < 1.29 is 8.42 Å². The number of sulfone groups is 1. The average Bonchev–Trinajstić information content (AvgIpc) is 3.12. The number of rotatable bonds is 9. The van der Waals surface area contributed by atoms with Crippen LogP contribution in [0.15, 0.2) is 46.5 Å². The van der Waals surface area contributed by atoms with E-state index in [0.29, 0.717) is 30.4 Å². The Kier molecular flexibility index (Phi) is 10.3. The third kappa shape index (κ3) is 7.45. The van der Waals surface area contributed by atoms with Crippen LogP contribution in [-0.4, -0.2) is 55.0 Å². The molecule has 0 amide bonds. The van der Waals surface area contributed by atoms with E-state index in [1.54, 1.807) is 43.7 Å². The van der Waals surface area contributed by atoms with Gasteiger partial charge in [0.25, 0.3) is 0 Å². The van der Waals surface area contributed by atoms with Gasteiger partial charge in [0.2, 0.25) is 0 Å². The van der Waals surface area contributed by atoms with Gasteiger partial charge in [-0.25, -0.2) is 8.42 Å². The van der Waals surface area contributed by atoms with Crippen molar-refractivity contribution in [2.45, 2.75) is 31.2 Å². The molecule has 1 aromatic carbocycles. The molecule has 10 heteroatoms. The van der Waals surface area contributed by atoms with Crippen LogP contribution >= 0.6 is 24.0 Å². The minimum Gasteiger partial charge on any atom is -0.356 e. The summed E-state index contributed by atoms with van der Waals surface area (Å²) in [7, 11) is -1.55. The molecular formula is C17H27IN6O2S. The SMILES string of the molecule is CCc1nncn1CCNC(=NC)NCCCS(=O)(=O)c1ccccc1.I. The number of nitrogens with zero attached hydrogens (tertiary/aromatic N) is 4. The molecule has 2 rings (SSSR count). The van der Waals surface area contributed by atoms with Crippen molar-refractivity contribution >= 4 is 39.8 Å². The van der Waals surface area contributed by atoms with Gasteiger partial charge in [0.05, 0.1) is 10.6 Å². The van der Waals surface area contributed by atoms with E-state index in [4.69, 9.17) is 0 Å². The second-order valence-electron chi connectivity index (χ2n) is 5.71. The van der Waals surface area contributed by atoms with E-state index < -0.39 is 9.84 Å². The number of hydrogen-bond acceptors (Lipinski definition) is 5. The summed E-state index contributed by atoms with van der Waals surface area (Å²) in [6, 6.07) is 8.52. The first kappa shape index (κ1) is 23.3. The summed E-state index contributed by atoms with van der Waals surface area (Å²) in [6.45, 7) is 3.97. The summed E-state index contributed by atoms with van der Waals surface area (Å²) < 4.78 is 26.4. The number of benzene rings is 1. The molecule has 1 aromatic heterocycles. The molecule has 0 atom stereocenters. The molecule has 0 saturated heterocycles. The van der Waals surface area contributed by atoms with Gasteiger partial charge in [-0.15, -0.1) is 34.2 Å². The van der Waals surface area contributed by atoms with Crippen LogP contribution in [0.4, 0.5) is 0 Å². The number of aryl methyl sites for hydroxylation is 1. The maximum absolute atomic E-state index is 12.2. The van der Waals surface area contributed by atoms with Gasteiger partial charge in [0.1, 0.15) is 12.2 Å². The Morgan fingerprint density at radius 3 is 2.56 bits per heavy atom. The number of nitrogens with one attached hydrogen (secondary N) is 2. The first-order chi connectivity index (χ1) is 12.6. The van der Waals surface area contributed by atoms with Crippen LogP contribution in [0.5, 0.6) is 0 Å². The van der Waals surface area contributed by atoms with Gasteiger partial charge < -0.3 is 15.2 Å².